The van der Waals surface area contributed by atoms with Gasteiger partial charge in [-0.05, 0) is 31.9 Å². The summed E-state index contributed by atoms with van der Waals surface area (Å²) < 4.78 is 5.74. The molecule has 0 atom stereocenters. The molecule has 0 saturated carbocycles. The van der Waals surface area contributed by atoms with E-state index < -0.39 is 0 Å². The maximum atomic E-state index is 5.74. The van der Waals surface area contributed by atoms with Crippen molar-refractivity contribution in [2.75, 3.05) is 11.9 Å². The Labute approximate surface area is 144 Å². The number of benzene rings is 1. The van der Waals surface area contributed by atoms with Gasteiger partial charge in [0.1, 0.15) is 11.4 Å². The summed E-state index contributed by atoms with van der Waals surface area (Å²) in [4.78, 5) is 12.4. The number of aryl methyl sites for hydroxylation is 2. The van der Waals surface area contributed by atoms with Gasteiger partial charge in [-0.2, -0.15) is 10.1 Å². The third-order valence-corrected chi connectivity index (χ3v) is 4.35. The molecule has 3 N–H and O–H groups in total. The van der Waals surface area contributed by atoms with Gasteiger partial charge < -0.3 is 15.0 Å². The number of aromatic nitrogens is 5. The van der Waals surface area contributed by atoms with Crippen LogP contribution in [0.15, 0.2) is 24.5 Å². The molecular formula is C18H20N6O. The molecule has 0 fully saturated rings. The van der Waals surface area contributed by atoms with E-state index in [1.165, 1.54) is 11.3 Å². The van der Waals surface area contributed by atoms with E-state index in [4.69, 9.17) is 4.74 Å². The average molecular weight is 336 g/mol. The van der Waals surface area contributed by atoms with E-state index in [0.29, 0.717) is 12.6 Å². The summed E-state index contributed by atoms with van der Waals surface area (Å²) in [5, 5.41) is 12.3. The van der Waals surface area contributed by atoms with Gasteiger partial charge in [-0.3, -0.25) is 5.10 Å². The largest absolute Gasteiger partial charge is 0.492 e. The Hall–Kier alpha value is -3.09. The third-order valence-electron chi connectivity index (χ3n) is 4.35. The predicted molar refractivity (Wildman–Crippen MR) is 98.5 cm³/mol. The minimum absolute atomic E-state index is 0.528. The molecule has 3 heterocycles. The van der Waals surface area contributed by atoms with Gasteiger partial charge in [-0.25, -0.2) is 4.98 Å². The molecular weight excluding hydrogens is 316 g/mol. The van der Waals surface area contributed by atoms with Crippen molar-refractivity contribution in [3.05, 3.63) is 35.8 Å². The Morgan fingerprint density at radius 3 is 2.88 bits per heavy atom. The van der Waals surface area contributed by atoms with Crippen molar-refractivity contribution in [3.8, 4) is 5.75 Å². The monoisotopic (exact) mass is 336 g/mol. The SMILES string of the molecule is CCOc1cc2[nH]ncc2cc1Nc1ncc2c(C)c(CC)[nH]c2n1. The lowest BCUT2D eigenvalue weighted by atomic mass is 10.2. The number of aromatic amines is 2. The van der Waals surface area contributed by atoms with Crippen molar-refractivity contribution in [2.45, 2.75) is 27.2 Å². The van der Waals surface area contributed by atoms with Crippen LogP contribution in [0.5, 0.6) is 5.75 Å². The number of anilines is 2. The Morgan fingerprint density at radius 2 is 2.08 bits per heavy atom. The summed E-state index contributed by atoms with van der Waals surface area (Å²) in [5.41, 5.74) is 4.98. The fourth-order valence-electron chi connectivity index (χ4n) is 3.03. The number of nitrogens with one attached hydrogen (secondary N) is 3. The highest BCUT2D eigenvalue weighted by atomic mass is 16.5. The van der Waals surface area contributed by atoms with Crippen LogP contribution >= 0.6 is 0 Å². The van der Waals surface area contributed by atoms with E-state index in [2.05, 4.69) is 44.3 Å². The van der Waals surface area contributed by atoms with Crippen molar-refractivity contribution in [1.82, 2.24) is 25.1 Å². The van der Waals surface area contributed by atoms with E-state index in [1.807, 2.05) is 25.3 Å². The third kappa shape index (κ3) is 2.67. The van der Waals surface area contributed by atoms with Crippen LogP contribution in [0.2, 0.25) is 0 Å². The van der Waals surface area contributed by atoms with Crippen molar-refractivity contribution < 1.29 is 4.74 Å². The lowest BCUT2D eigenvalue weighted by molar-refractivity contribution is 0.342. The molecule has 7 nitrogen and oxygen atoms in total. The normalized spacial score (nSPS) is 11.3. The van der Waals surface area contributed by atoms with Crippen LogP contribution in [0, 0.1) is 6.92 Å². The van der Waals surface area contributed by atoms with Gasteiger partial charge in [-0.1, -0.05) is 6.92 Å². The van der Waals surface area contributed by atoms with Crippen molar-refractivity contribution in [2.24, 2.45) is 0 Å². The number of ether oxygens (including phenoxy) is 1. The van der Waals surface area contributed by atoms with Crippen LogP contribution in [0.3, 0.4) is 0 Å². The molecule has 0 spiro atoms. The van der Waals surface area contributed by atoms with E-state index in [9.17, 15) is 0 Å². The van der Waals surface area contributed by atoms with Crippen molar-refractivity contribution in [3.63, 3.8) is 0 Å². The van der Waals surface area contributed by atoms with Gasteiger partial charge in [0.05, 0.1) is 24.0 Å². The zero-order valence-corrected chi connectivity index (χ0v) is 14.5. The van der Waals surface area contributed by atoms with Crippen LogP contribution in [-0.2, 0) is 6.42 Å². The Morgan fingerprint density at radius 1 is 1.20 bits per heavy atom. The molecule has 1 aromatic carbocycles. The average Bonchev–Trinajstić information content (AvgIpc) is 3.19. The molecule has 0 aliphatic carbocycles. The lowest BCUT2D eigenvalue weighted by Gasteiger charge is -2.11. The summed E-state index contributed by atoms with van der Waals surface area (Å²) in [6.07, 6.45) is 4.57. The van der Waals surface area contributed by atoms with Crippen LogP contribution in [0.4, 0.5) is 11.6 Å². The summed E-state index contributed by atoms with van der Waals surface area (Å²) in [6.45, 7) is 6.74. The minimum atomic E-state index is 0.528. The van der Waals surface area contributed by atoms with Crippen LogP contribution in [0.25, 0.3) is 21.9 Å². The summed E-state index contributed by atoms with van der Waals surface area (Å²) >= 11 is 0. The van der Waals surface area contributed by atoms with Crippen LogP contribution < -0.4 is 10.1 Å². The zero-order valence-electron chi connectivity index (χ0n) is 14.5. The van der Waals surface area contributed by atoms with Crippen molar-refractivity contribution in [1.29, 1.82) is 0 Å². The topological polar surface area (TPSA) is 91.5 Å². The number of hydrogen-bond donors (Lipinski definition) is 3. The quantitative estimate of drug-likeness (QED) is 0.515. The van der Waals surface area contributed by atoms with Crippen molar-refractivity contribution >= 4 is 33.6 Å². The molecule has 4 rings (SSSR count). The molecule has 0 unspecified atom stereocenters. The van der Waals surface area contributed by atoms with E-state index in [-0.39, 0.29) is 0 Å². The predicted octanol–water partition coefficient (Wildman–Crippen LogP) is 3.85. The molecule has 0 radical (unpaired) electrons. The molecule has 0 bridgehead atoms. The maximum Gasteiger partial charge on any atom is 0.229 e. The van der Waals surface area contributed by atoms with Gasteiger partial charge in [0, 0.05) is 28.7 Å². The second-order valence-corrected chi connectivity index (χ2v) is 5.90. The Bertz CT molecular complexity index is 1050. The second kappa shape index (κ2) is 6.08. The lowest BCUT2D eigenvalue weighted by Crippen LogP contribution is -2.01. The summed E-state index contributed by atoms with van der Waals surface area (Å²) in [5.74, 6) is 1.26. The molecule has 3 aromatic heterocycles. The molecule has 0 amide bonds. The number of rotatable bonds is 5. The van der Waals surface area contributed by atoms with Crippen LogP contribution in [0.1, 0.15) is 25.1 Å². The molecule has 0 aliphatic rings. The smallest absolute Gasteiger partial charge is 0.229 e. The number of fused-ring (bicyclic) bond motifs is 2. The molecule has 4 aromatic rings. The highest BCUT2D eigenvalue weighted by Gasteiger charge is 2.12. The Balaban J connectivity index is 1.74. The van der Waals surface area contributed by atoms with Gasteiger partial charge in [0.25, 0.3) is 0 Å². The Kier molecular flexibility index (Phi) is 3.76. The molecule has 128 valence electrons. The molecule has 0 aliphatic heterocycles. The zero-order chi connectivity index (χ0) is 17.4. The summed E-state index contributed by atoms with van der Waals surface area (Å²) in [6, 6.07) is 3.91. The standard InChI is InChI=1S/C18H20N6O/c1-4-13-10(3)12-9-19-18(23-17(12)21-13)22-15-6-11-8-20-24-14(11)7-16(15)25-5-2/h6-9H,4-5H2,1-3H3,(H,20,24)(H2,19,21,22,23). The molecule has 25 heavy (non-hydrogen) atoms. The first-order chi connectivity index (χ1) is 12.2. The molecule has 7 heteroatoms. The van der Waals surface area contributed by atoms with Gasteiger partial charge in [0.15, 0.2) is 0 Å². The number of nitrogens with zero attached hydrogens (tertiary/aromatic N) is 3. The van der Waals surface area contributed by atoms with Gasteiger partial charge >= 0.3 is 0 Å². The van der Waals surface area contributed by atoms with E-state index in [0.717, 1.165) is 39.8 Å². The highest BCUT2D eigenvalue weighted by Crippen LogP contribution is 2.31. The summed E-state index contributed by atoms with van der Waals surface area (Å²) in [7, 11) is 0. The first-order valence-electron chi connectivity index (χ1n) is 8.40. The second-order valence-electron chi connectivity index (χ2n) is 5.90. The minimum Gasteiger partial charge on any atom is -0.492 e. The maximum absolute atomic E-state index is 5.74. The first-order valence-corrected chi connectivity index (χ1v) is 8.40. The fourth-order valence-corrected chi connectivity index (χ4v) is 3.03. The van der Waals surface area contributed by atoms with E-state index in [1.54, 1.807) is 6.20 Å². The fraction of sp³-hybridized carbons (Fsp3) is 0.278. The van der Waals surface area contributed by atoms with Gasteiger partial charge in [-0.15, -0.1) is 0 Å². The van der Waals surface area contributed by atoms with Gasteiger partial charge in [0.2, 0.25) is 5.95 Å². The first kappa shape index (κ1) is 15.4. The highest BCUT2D eigenvalue weighted by molar-refractivity contribution is 5.87. The molecule has 0 saturated heterocycles. The number of H-pyrrole nitrogens is 2. The number of hydrogen-bond acceptors (Lipinski definition) is 5. The van der Waals surface area contributed by atoms with E-state index >= 15 is 0 Å². The van der Waals surface area contributed by atoms with Crippen LogP contribution in [-0.4, -0.2) is 31.8 Å².